The lowest BCUT2D eigenvalue weighted by Gasteiger charge is -2.25. The second-order valence-corrected chi connectivity index (χ2v) is 6.04. The molecular formula is C16H32N4O. The summed E-state index contributed by atoms with van der Waals surface area (Å²) in [6.07, 6.45) is 6.57. The van der Waals surface area contributed by atoms with Gasteiger partial charge in [-0.1, -0.05) is 6.92 Å². The molecule has 2 heterocycles. The number of hydrogen-bond acceptors (Lipinski definition) is 3. The Bertz CT molecular complexity index is 309. The average molecular weight is 296 g/mol. The fraction of sp³-hybridized carbons (Fsp3) is 0.938. The second-order valence-electron chi connectivity index (χ2n) is 6.04. The van der Waals surface area contributed by atoms with Crippen LogP contribution < -0.4 is 10.6 Å². The molecule has 0 aromatic rings. The van der Waals surface area contributed by atoms with E-state index in [4.69, 9.17) is 9.73 Å². The average Bonchev–Trinajstić information content (AvgIpc) is 3.18. The third kappa shape index (κ3) is 5.47. The summed E-state index contributed by atoms with van der Waals surface area (Å²) in [5.74, 6) is 0.936. The van der Waals surface area contributed by atoms with E-state index < -0.39 is 0 Å². The summed E-state index contributed by atoms with van der Waals surface area (Å²) < 4.78 is 5.66. The van der Waals surface area contributed by atoms with Crippen LogP contribution in [-0.2, 0) is 4.74 Å². The van der Waals surface area contributed by atoms with Gasteiger partial charge in [0.25, 0.3) is 0 Å². The first-order valence-electron chi connectivity index (χ1n) is 8.71. The van der Waals surface area contributed by atoms with Crippen LogP contribution in [0.15, 0.2) is 4.99 Å². The molecule has 2 aliphatic rings. The van der Waals surface area contributed by atoms with Gasteiger partial charge >= 0.3 is 0 Å². The molecule has 0 saturated carbocycles. The summed E-state index contributed by atoms with van der Waals surface area (Å²) in [5, 5.41) is 6.77. The van der Waals surface area contributed by atoms with Crippen LogP contribution >= 0.6 is 0 Å². The topological polar surface area (TPSA) is 48.9 Å². The van der Waals surface area contributed by atoms with Crippen molar-refractivity contribution in [3.05, 3.63) is 0 Å². The number of ether oxygens (including phenoxy) is 1. The van der Waals surface area contributed by atoms with E-state index >= 15 is 0 Å². The summed E-state index contributed by atoms with van der Waals surface area (Å²) in [7, 11) is 0. The molecule has 2 rings (SSSR count). The summed E-state index contributed by atoms with van der Waals surface area (Å²) in [4.78, 5) is 7.38. The van der Waals surface area contributed by atoms with E-state index in [1.807, 2.05) is 0 Å². The van der Waals surface area contributed by atoms with Crippen molar-refractivity contribution in [2.45, 2.75) is 58.1 Å². The van der Waals surface area contributed by atoms with E-state index in [1.165, 1.54) is 38.8 Å². The van der Waals surface area contributed by atoms with Crippen LogP contribution in [0.5, 0.6) is 0 Å². The van der Waals surface area contributed by atoms with Crippen LogP contribution in [-0.4, -0.2) is 62.3 Å². The molecule has 0 aromatic heterocycles. The molecule has 5 heteroatoms. The van der Waals surface area contributed by atoms with Crippen molar-refractivity contribution in [2.75, 3.05) is 39.3 Å². The number of nitrogens with zero attached hydrogens (tertiary/aromatic N) is 2. The molecule has 21 heavy (non-hydrogen) atoms. The van der Waals surface area contributed by atoms with Crippen LogP contribution in [0.4, 0.5) is 0 Å². The van der Waals surface area contributed by atoms with Crippen molar-refractivity contribution < 1.29 is 4.74 Å². The van der Waals surface area contributed by atoms with Gasteiger partial charge in [0.1, 0.15) is 0 Å². The maximum absolute atomic E-state index is 5.66. The molecule has 0 bridgehead atoms. The summed E-state index contributed by atoms with van der Waals surface area (Å²) in [5.41, 5.74) is 0. The molecule has 5 nitrogen and oxygen atoms in total. The van der Waals surface area contributed by atoms with Crippen molar-refractivity contribution in [3.63, 3.8) is 0 Å². The maximum Gasteiger partial charge on any atom is 0.191 e. The molecule has 0 spiro atoms. The number of hydrogen-bond donors (Lipinski definition) is 2. The first-order valence-corrected chi connectivity index (χ1v) is 8.71. The summed E-state index contributed by atoms with van der Waals surface area (Å²) >= 11 is 0. The van der Waals surface area contributed by atoms with Crippen molar-refractivity contribution in [3.8, 4) is 0 Å². The predicted octanol–water partition coefficient (Wildman–Crippen LogP) is 1.59. The smallest absolute Gasteiger partial charge is 0.191 e. The van der Waals surface area contributed by atoms with Crippen molar-refractivity contribution in [2.24, 2.45) is 4.99 Å². The standard InChI is InChI=1S/C16H32N4O/c1-3-14(20-9-5-6-10-20)12-18-16(17-4-2)19-13-15-8-7-11-21-15/h14-15H,3-13H2,1-2H3,(H2,17,18,19). The van der Waals surface area contributed by atoms with Gasteiger partial charge in [-0.3, -0.25) is 9.89 Å². The highest BCUT2D eigenvalue weighted by Gasteiger charge is 2.20. The Labute approximate surface area is 129 Å². The van der Waals surface area contributed by atoms with Gasteiger partial charge in [0, 0.05) is 25.7 Å². The zero-order valence-corrected chi connectivity index (χ0v) is 13.7. The molecule has 2 N–H and O–H groups in total. The molecule has 0 aliphatic carbocycles. The Hall–Kier alpha value is -0.810. The Morgan fingerprint density at radius 1 is 1.24 bits per heavy atom. The van der Waals surface area contributed by atoms with Gasteiger partial charge in [0.05, 0.1) is 12.6 Å². The number of aliphatic imine (C=N–C) groups is 1. The molecule has 2 aliphatic heterocycles. The molecule has 2 unspecified atom stereocenters. The van der Waals surface area contributed by atoms with Gasteiger partial charge < -0.3 is 15.4 Å². The Kier molecular flexibility index (Phi) is 7.30. The summed E-state index contributed by atoms with van der Waals surface area (Å²) in [6.45, 7) is 10.4. The fourth-order valence-electron chi connectivity index (χ4n) is 3.16. The number of rotatable bonds is 7. The number of likely N-dealkylation sites (tertiary alicyclic amines) is 1. The second kappa shape index (κ2) is 9.26. The lowest BCUT2D eigenvalue weighted by molar-refractivity contribution is 0.113. The van der Waals surface area contributed by atoms with Crippen molar-refractivity contribution >= 4 is 5.96 Å². The monoisotopic (exact) mass is 296 g/mol. The highest BCUT2D eigenvalue weighted by Crippen LogP contribution is 2.14. The van der Waals surface area contributed by atoms with Crippen molar-refractivity contribution in [1.29, 1.82) is 0 Å². The predicted molar refractivity (Wildman–Crippen MR) is 87.8 cm³/mol. The van der Waals surface area contributed by atoms with E-state index in [0.29, 0.717) is 12.1 Å². The third-order valence-corrected chi connectivity index (χ3v) is 4.45. The van der Waals surface area contributed by atoms with E-state index in [0.717, 1.165) is 38.6 Å². The summed E-state index contributed by atoms with van der Waals surface area (Å²) in [6, 6.07) is 0.589. The maximum atomic E-state index is 5.66. The largest absolute Gasteiger partial charge is 0.376 e. The van der Waals surface area contributed by atoms with Gasteiger partial charge in [0.2, 0.25) is 0 Å². The zero-order chi connectivity index (χ0) is 14.9. The molecule has 2 saturated heterocycles. The van der Waals surface area contributed by atoms with Crippen LogP contribution in [0.1, 0.15) is 46.0 Å². The van der Waals surface area contributed by atoms with Crippen LogP contribution in [0.2, 0.25) is 0 Å². The molecule has 0 amide bonds. The van der Waals surface area contributed by atoms with E-state index in [9.17, 15) is 0 Å². The molecular weight excluding hydrogens is 264 g/mol. The normalized spacial score (nSPS) is 25.2. The van der Waals surface area contributed by atoms with Gasteiger partial charge in [-0.05, 0) is 52.1 Å². The Balaban J connectivity index is 1.79. The van der Waals surface area contributed by atoms with Gasteiger partial charge in [-0.2, -0.15) is 0 Å². The van der Waals surface area contributed by atoms with Gasteiger partial charge in [0.15, 0.2) is 5.96 Å². The minimum absolute atomic E-state index is 0.356. The highest BCUT2D eigenvalue weighted by atomic mass is 16.5. The fourth-order valence-corrected chi connectivity index (χ4v) is 3.16. The SMILES string of the molecule is CCNC(=NCC(CC)N1CCCC1)NCC1CCCO1. The number of nitrogens with one attached hydrogen (secondary N) is 2. The van der Waals surface area contributed by atoms with E-state index in [2.05, 4.69) is 29.4 Å². The van der Waals surface area contributed by atoms with Crippen LogP contribution in [0.3, 0.4) is 0 Å². The Morgan fingerprint density at radius 3 is 2.67 bits per heavy atom. The first-order chi connectivity index (χ1) is 10.3. The molecule has 122 valence electrons. The van der Waals surface area contributed by atoms with Crippen molar-refractivity contribution in [1.82, 2.24) is 15.5 Å². The van der Waals surface area contributed by atoms with Gasteiger partial charge in [-0.15, -0.1) is 0 Å². The third-order valence-electron chi connectivity index (χ3n) is 4.45. The Morgan fingerprint density at radius 2 is 2.05 bits per heavy atom. The van der Waals surface area contributed by atoms with E-state index in [1.54, 1.807) is 0 Å². The minimum atomic E-state index is 0.356. The highest BCUT2D eigenvalue weighted by molar-refractivity contribution is 5.79. The van der Waals surface area contributed by atoms with Crippen LogP contribution in [0.25, 0.3) is 0 Å². The quantitative estimate of drug-likeness (QED) is 0.553. The molecule has 0 radical (unpaired) electrons. The molecule has 2 atom stereocenters. The molecule has 0 aromatic carbocycles. The van der Waals surface area contributed by atoms with Gasteiger partial charge in [-0.25, -0.2) is 0 Å². The first kappa shape index (κ1) is 16.6. The van der Waals surface area contributed by atoms with E-state index in [-0.39, 0.29) is 0 Å². The molecule has 2 fully saturated rings. The zero-order valence-electron chi connectivity index (χ0n) is 13.7. The number of guanidine groups is 1. The lowest BCUT2D eigenvalue weighted by Crippen LogP contribution is -2.42. The van der Waals surface area contributed by atoms with Crippen LogP contribution in [0, 0.1) is 0 Å². The lowest BCUT2D eigenvalue weighted by atomic mass is 10.2. The minimum Gasteiger partial charge on any atom is -0.376 e.